The molecule has 1 heterocycles. The Morgan fingerprint density at radius 1 is 0.975 bits per heavy atom. The number of hydrogen-bond acceptors (Lipinski definition) is 7. The van der Waals surface area contributed by atoms with Crippen molar-refractivity contribution in [3.8, 4) is 22.6 Å². The highest BCUT2D eigenvalue weighted by Gasteiger charge is 2.19. The molecule has 4 rings (SSSR count). The summed E-state index contributed by atoms with van der Waals surface area (Å²) in [5, 5.41) is 24.9. The number of halogens is 3. The predicted molar refractivity (Wildman–Crippen MR) is 157 cm³/mol. The molecule has 0 atom stereocenters. The molecule has 3 aromatic carbocycles. The molecule has 9 nitrogen and oxygen atoms in total. The van der Waals surface area contributed by atoms with Gasteiger partial charge in [0.1, 0.15) is 5.75 Å². The number of benzene rings is 3. The highest BCUT2D eigenvalue weighted by molar-refractivity contribution is 7.99. The third-order valence-electron chi connectivity index (χ3n) is 5.67. The summed E-state index contributed by atoms with van der Waals surface area (Å²) in [6.45, 7) is 5.81. The number of rotatable bonds is 9. The maximum atomic E-state index is 12.7. The second-order valence-corrected chi connectivity index (χ2v) is 11.8. The van der Waals surface area contributed by atoms with Crippen LogP contribution in [0.25, 0.3) is 16.8 Å². The van der Waals surface area contributed by atoms with Gasteiger partial charge in [0.2, 0.25) is 11.1 Å². The summed E-state index contributed by atoms with van der Waals surface area (Å²) in [5.41, 5.74) is 3.55. The van der Waals surface area contributed by atoms with E-state index in [1.807, 2.05) is 18.2 Å². The number of nitrogens with zero attached hydrogens (tertiary/aromatic N) is 4. The van der Waals surface area contributed by atoms with E-state index in [-0.39, 0.29) is 27.8 Å². The Balaban J connectivity index is 1.40. The van der Waals surface area contributed by atoms with Gasteiger partial charge in [-0.15, -0.1) is 5.10 Å². The first-order valence-corrected chi connectivity index (χ1v) is 14.0. The minimum atomic E-state index is -1.10. The Kier molecular flexibility index (Phi) is 9.25. The molecule has 0 radical (unpaired) electrons. The van der Waals surface area contributed by atoms with Gasteiger partial charge in [0.25, 0.3) is 0 Å². The third kappa shape index (κ3) is 7.25. The summed E-state index contributed by atoms with van der Waals surface area (Å²) >= 11 is 20.4. The van der Waals surface area contributed by atoms with Crippen LogP contribution < -0.4 is 10.1 Å². The van der Waals surface area contributed by atoms with Crippen LogP contribution in [0.5, 0.6) is 5.75 Å². The van der Waals surface area contributed by atoms with Gasteiger partial charge in [-0.1, -0.05) is 85.5 Å². The standard InChI is InChI=1S/C27H24Cl3N5O4S/c1-27(2,3)17-6-8-22(19(29)12-17)35-26(32-33-34-35)40-14-24(36)31-21-7-4-15(10-18(21)28)16-5-9-23(20(30)11-16)39-13-25(37)38/h4-12H,13-14H2,1-3H3,(H,31,36)(H,37,38). The van der Waals surface area contributed by atoms with Crippen LogP contribution in [0.15, 0.2) is 59.8 Å². The molecule has 0 saturated heterocycles. The zero-order valence-corrected chi connectivity index (χ0v) is 24.7. The Hall–Kier alpha value is -3.31. The fraction of sp³-hybridized carbons (Fsp3) is 0.222. The molecule has 13 heteroatoms. The predicted octanol–water partition coefficient (Wildman–Crippen LogP) is 6.78. The number of carbonyl (C=O) groups excluding carboxylic acids is 1. The van der Waals surface area contributed by atoms with Crippen molar-refractivity contribution in [2.45, 2.75) is 31.3 Å². The van der Waals surface area contributed by atoms with Crippen LogP contribution in [0, 0.1) is 0 Å². The second-order valence-electron chi connectivity index (χ2n) is 9.65. The smallest absolute Gasteiger partial charge is 0.341 e. The average molecular weight is 621 g/mol. The SMILES string of the molecule is CC(C)(C)c1ccc(-n2nnnc2SCC(=O)Nc2ccc(-c3ccc(OCC(=O)O)c(Cl)c3)cc2Cl)c(Cl)c1. The van der Waals surface area contributed by atoms with E-state index >= 15 is 0 Å². The van der Waals surface area contributed by atoms with Gasteiger partial charge >= 0.3 is 5.97 Å². The van der Waals surface area contributed by atoms with Crippen LogP contribution in [-0.4, -0.2) is 49.6 Å². The van der Waals surface area contributed by atoms with Crippen LogP contribution in [0.4, 0.5) is 5.69 Å². The normalized spacial score (nSPS) is 11.3. The first kappa shape index (κ1) is 29.7. The molecular formula is C27H24Cl3N5O4S. The van der Waals surface area contributed by atoms with Gasteiger partial charge in [-0.3, -0.25) is 4.79 Å². The minimum absolute atomic E-state index is 0.0313. The van der Waals surface area contributed by atoms with Crippen LogP contribution in [-0.2, 0) is 15.0 Å². The lowest BCUT2D eigenvalue weighted by atomic mass is 9.87. The molecule has 0 aliphatic heterocycles. The van der Waals surface area contributed by atoms with Gasteiger partial charge in [-0.05, 0) is 68.9 Å². The molecule has 0 aliphatic rings. The number of aliphatic carboxylic acids is 1. The molecule has 4 aromatic rings. The summed E-state index contributed by atoms with van der Waals surface area (Å²) in [5.74, 6) is -1.11. The number of aromatic nitrogens is 4. The first-order valence-electron chi connectivity index (χ1n) is 11.9. The third-order valence-corrected chi connectivity index (χ3v) is 7.50. The first-order chi connectivity index (χ1) is 18.9. The topological polar surface area (TPSA) is 119 Å². The molecular weight excluding hydrogens is 597 g/mol. The molecule has 0 aliphatic carbocycles. The van der Waals surface area contributed by atoms with Gasteiger partial charge in [0.05, 0.1) is 32.2 Å². The van der Waals surface area contributed by atoms with E-state index in [4.69, 9.17) is 44.6 Å². The quantitative estimate of drug-likeness (QED) is 0.197. The highest BCUT2D eigenvalue weighted by Crippen LogP contribution is 2.34. The minimum Gasteiger partial charge on any atom is -0.480 e. The number of amides is 1. The summed E-state index contributed by atoms with van der Waals surface area (Å²) in [6.07, 6.45) is 0. The zero-order chi connectivity index (χ0) is 29.0. The van der Waals surface area contributed by atoms with E-state index in [0.717, 1.165) is 28.5 Å². The van der Waals surface area contributed by atoms with Crippen LogP contribution in [0.3, 0.4) is 0 Å². The summed E-state index contributed by atoms with van der Waals surface area (Å²) < 4.78 is 6.65. The maximum absolute atomic E-state index is 12.7. The molecule has 0 unspecified atom stereocenters. The molecule has 0 spiro atoms. The Morgan fingerprint density at radius 3 is 2.30 bits per heavy atom. The molecule has 1 amide bonds. The maximum Gasteiger partial charge on any atom is 0.341 e. The lowest BCUT2D eigenvalue weighted by Gasteiger charge is -2.20. The largest absolute Gasteiger partial charge is 0.480 e. The molecule has 40 heavy (non-hydrogen) atoms. The second kappa shape index (κ2) is 12.5. The molecule has 0 saturated carbocycles. The van der Waals surface area contributed by atoms with Gasteiger partial charge in [-0.25, -0.2) is 4.79 Å². The molecule has 208 valence electrons. The fourth-order valence-electron chi connectivity index (χ4n) is 3.61. The highest BCUT2D eigenvalue weighted by atomic mass is 35.5. The van der Waals surface area contributed by atoms with Crippen LogP contribution in [0.2, 0.25) is 15.1 Å². The van der Waals surface area contributed by atoms with E-state index < -0.39 is 12.6 Å². The number of thioether (sulfide) groups is 1. The molecule has 2 N–H and O–H groups in total. The van der Waals surface area contributed by atoms with E-state index in [0.29, 0.717) is 26.6 Å². The van der Waals surface area contributed by atoms with E-state index in [2.05, 4.69) is 41.6 Å². The van der Waals surface area contributed by atoms with E-state index in [9.17, 15) is 9.59 Å². The van der Waals surface area contributed by atoms with E-state index in [1.165, 1.54) is 4.68 Å². The lowest BCUT2D eigenvalue weighted by molar-refractivity contribution is -0.139. The fourth-order valence-corrected chi connectivity index (χ4v) is 5.02. The lowest BCUT2D eigenvalue weighted by Crippen LogP contribution is -2.15. The van der Waals surface area contributed by atoms with Gasteiger partial charge < -0.3 is 15.2 Å². The number of nitrogens with one attached hydrogen (secondary N) is 1. The summed E-state index contributed by atoms with van der Waals surface area (Å²) in [4.78, 5) is 23.4. The number of carboxylic acids is 1. The van der Waals surface area contributed by atoms with Crippen LogP contribution in [0.1, 0.15) is 26.3 Å². The summed E-state index contributed by atoms with van der Waals surface area (Å²) in [6, 6.07) is 15.8. The van der Waals surface area contributed by atoms with Crippen molar-refractivity contribution in [2.75, 3.05) is 17.7 Å². The van der Waals surface area contributed by atoms with Crippen molar-refractivity contribution in [1.29, 1.82) is 0 Å². The number of tetrazole rings is 1. The van der Waals surface area contributed by atoms with Crippen LogP contribution >= 0.6 is 46.6 Å². The molecule has 0 fully saturated rings. The van der Waals surface area contributed by atoms with Crippen molar-refractivity contribution in [3.05, 3.63) is 75.2 Å². The number of ether oxygens (including phenoxy) is 1. The molecule has 0 bridgehead atoms. The number of carboxylic acid groups (broad SMARTS) is 1. The average Bonchev–Trinajstić information content (AvgIpc) is 3.35. The number of carbonyl (C=O) groups is 2. The van der Waals surface area contributed by atoms with Gasteiger partial charge in [-0.2, -0.15) is 4.68 Å². The Bertz CT molecular complexity index is 1570. The van der Waals surface area contributed by atoms with Gasteiger partial charge in [0.15, 0.2) is 6.61 Å². The van der Waals surface area contributed by atoms with Crippen molar-refractivity contribution in [2.24, 2.45) is 0 Å². The Labute approximate surface area is 249 Å². The Morgan fingerprint density at radius 2 is 1.68 bits per heavy atom. The molecule has 1 aromatic heterocycles. The zero-order valence-electron chi connectivity index (χ0n) is 21.6. The van der Waals surface area contributed by atoms with Crippen molar-refractivity contribution < 1.29 is 19.4 Å². The van der Waals surface area contributed by atoms with Gasteiger partial charge in [0, 0.05) is 0 Å². The van der Waals surface area contributed by atoms with Crippen molar-refractivity contribution >= 4 is 64.1 Å². The van der Waals surface area contributed by atoms with Crippen molar-refractivity contribution in [3.63, 3.8) is 0 Å². The van der Waals surface area contributed by atoms with E-state index in [1.54, 1.807) is 36.4 Å². The monoisotopic (exact) mass is 619 g/mol. The summed E-state index contributed by atoms with van der Waals surface area (Å²) in [7, 11) is 0. The number of anilines is 1. The number of hydrogen-bond donors (Lipinski definition) is 2. The van der Waals surface area contributed by atoms with Crippen molar-refractivity contribution in [1.82, 2.24) is 20.2 Å².